The van der Waals surface area contributed by atoms with Crippen molar-refractivity contribution in [3.63, 3.8) is 0 Å². The molecular weight excluding hydrogens is 280 g/mol. The lowest BCUT2D eigenvalue weighted by Crippen LogP contribution is -2.15. The molecule has 0 atom stereocenters. The number of benzene rings is 1. The van der Waals surface area contributed by atoms with Crippen LogP contribution in [0.3, 0.4) is 0 Å². The highest BCUT2D eigenvalue weighted by molar-refractivity contribution is 5.88. The third-order valence-electron chi connectivity index (χ3n) is 3.57. The van der Waals surface area contributed by atoms with Gasteiger partial charge in [-0.2, -0.15) is 0 Å². The molecule has 4 rings (SSSR count). The molecule has 108 valence electrons. The maximum atomic E-state index is 12.2. The zero-order chi connectivity index (χ0) is 15.1. The summed E-state index contributed by atoms with van der Waals surface area (Å²) in [4.78, 5) is 23.8. The Morgan fingerprint density at radius 1 is 1.18 bits per heavy atom. The minimum Gasteiger partial charge on any atom is -0.497 e. The number of H-pyrrole nitrogens is 1. The fraction of sp³-hybridized carbons (Fsp3) is 0.0625. The Morgan fingerprint density at radius 3 is 2.77 bits per heavy atom. The number of imidazole rings is 1. The molecule has 0 aliphatic carbocycles. The second kappa shape index (κ2) is 4.70. The molecule has 1 N–H and O–H groups in total. The van der Waals surface area contributed by atoms with Crippen molar-refractivity contribution in [3.05, 3.63) is 59.3 Å². The van der Waals surface area contributed by atoms with Gasteiger partial charge in [0.25, 0.3) is 0 Å². The number of nitrogens with one attached hydrogen (secondary N) is 1. The second-order valence-corrected chi connectivity index (χ2v) is 4.88. The van der Waals surface area contributed by atoms with Crippen molar-refractivity contribution in [2.45, 2.75) is 0 Å². The number of hydrogen-bond acceptors (Lipinski definition) is 4. The molecule has 1 aromatic carbocycles. The molecule has 0 unspecified atom stereocenters. The van der Waals surface area contributed by atoms with Crippen LogP contribution in [0.1, 0.15) is 0 Å². The van der Waals surface area contributed by atoms with Crippen molar-refractivity contribution in [1.29, 1.82) is 0 Å². The number of pyridine rings is 1. The van der Waals surface area contributed by atoms with Gasteiger partial charge in [-0.1, -0.05) is 0 Å². The van der Waals surface area contributed by atoms with Gasteiger partial charge in [0.1, 0.15) is 11.3 Å². The lowest BCUT2D eigenvalue weighted by atomic mass is 10.2. The zero-order valence-corrected chi connectivity index (χ0v) is 11.8. The Balaban J connectivity index is 1.98. The first kappa shape index (κ1) is 12.6. The molecule has 22 heavy (non-hydrogen) atoms. The van der Waals surface area contributed by atoms with Gasteiger partial charge in [0.15, 0.2) is 5.65 Å². The number of ether oxygens (including phenoxy) is 1. The predicted molar refractivity (Wildman–Crippen MR) is 83.1 cm³/mol. The van der Waals surface area contributed by atoms with Crippen molar-refractivity contribution in [1.82, 2.24) is 19.4 Å². The van der Waals surface area contributed by atoms with Crippen molar-refractivity contribution >= 4 is 16.7 Å². The molecule has 0 aliphatic rings. The summed E-state index contributed by atoms with van der Waals surface area (Å²) in [5.74, 6) is 0.775. The van der Waals surface area contributed by atoms with E-state index in [1.807, 2.05) is 30.3 Å². The molecule has 3 aromatic heterocycles. The van der Waals surface area contributed by atoms with E-state index in [4.69, 9.17) is 4.74 Å². The molecule has 3 heterocycles. The summed E-state index contributed by atoms with van der Waals surface area (Å²) in [5, 5.41) is 0. The molecule has 0 saturated heterocycles. The van der Waals surface area contributed by atoms with Gasteiger partial charge in [0.05, 0.1) is 18.3 Å². The standard InChI is InChI=1S/C16H12N4O2/c1-22-11-6-4-10(5-7-11)13-9-20-15(18-13)14-12(19-16(20)21)3-2-8-17-14/h2-9H,1H3,(H,19,21). The molecule has 0 saturated carbocycles. The van der Waals surface area contributed by atoms with Crippen LogP contribution in [-0.2, 0) is 0 Å². The SMILES string of the molecule is COc1ccc(-c2cn3c(=O)[nH]c4cccnc4c3n2)cc1. The molecule has 0 aliphatic heterocycles. The van der Waals surface area contributed by atoms with Crippen LogP contribution >= 0.6 is 0 Å². The normalized spacial score (nSPS) is 11.1. The highest BCUT2D eigenvalue weighted by Crippen LogP contribution is 2.23. The molecule has 0 spiro atoms. The average molecular weight is 292 g/mol. The van der Waals surface area contributed by atoms with Crippen molar-refractivity contribution in [3.8, 4) is 17.0 Å². The first-order valence-electron chi connectivity index (χ1n) is 6.77. The summed E-state index contributed by atoms with van der Waals surface area (Å²) >= 11 is 0. The largest absolute Gasteiger partial charge is 0.497 e. The van der Waals surface area contributed by atoms with Crippen LogP contribution in [0.5, 0.6) is 5.75 Å². The number of rotatable bonds is 2. The fourth-order valence-electron chi connectivity index (χ4n) is 2.46. The summed E-state index contributed by atoms with van der Waals surface area (Å²) in [6.07, 6.45) is 3.40. The number of nitrogens with zero attached hydrogens (tertiary/aromatic N) is 3. The number of aromatic nitrogens is 4. The molecule has 0 bridgehead atoms. The Hall–Kier alpha value is -3.15. The van der Waals surface area contributed by atoms with Crippen LogP contribution in [0.15, 0.2) is 53.6 Å². The Bertz CT molecular complexity index is 1030. The number of aromatic amines is 1. The number of methoxy groups -OCH3 is 1. The Morgan fingerprint density at radius 2 is 2.00 bits per heavy atom. The number of fused-ring (bicyclic) bond motifs is 3. The monoisotopic (exact) mass is 292 g/mol. The fourth-order valence-corrected chi connectivity index (χ4v) is 2.46. The Labute approximate surface area is 125 Å². The van der Waals surface area contributed by atoms with Gasteiger partial charge in [-0.05, 0) is 36.4 Å². The van der Waals surface area contributed by atoms with E-state index in [0.717, 1.165) is 11.3 Å². The van der Waals surface area contributed by atoms with E-state index < -0.39 is 0 Å². The highest BCUT2D eigenvalue weighted by Gasteiger charge is 2.11. The number of hydrogen-bond donors (Lipinski definition) is 1. The van der Waals surface area contributed by atoms with E-state index in [1.54, 1.807) is 25.6 Å². The summed E-state index contributed by atoms with van der Waals surface area (Å²) in [6.45, 7) is 0. The lowest BCUT2D eigenvalue weighted by Gasteiger charge is -1.99. The van der Waals surface area contributed by atoms with E-state index >= 15 is 0 Å². The summed E-state index contributed by atoms with van der Waals surface area (Å²) in [6, 6.07) is 11.1. The lowest BCUT2D eigenvalue weighted by molar-refractivity contribution is 0.415. The highest BCUT2D eigenvalue weighted by atomic mass is 16.5. The third-order valence-corrected chi connectivity index (χ3v) is 3.57. The van der Waals surface area contributed by atoms with E-state index in [2.05, 4.69) is 15.0 Å². The minimum atomic E-state index is -0.234. The minimum absolute atomic E-state index is 0.234. The topological polar surface area (TPSA) is 72.3 Å². The zero-order valence-electron chi connectivity index (χ0n) is 11.8. The van der Waals surface area contributed by atoms with E-state index in [9.17, 15) is 4.79 Å². The van der Waals surface area contributed by atoms with Crippen molar-refractivity contribution in [2.75, 3.05) is 7.11 Å². The van der Waals surface area contributed by atoms with Crippen molar-refractivity contribution < 1.29 is 4.74 Å². The van der Waals surface area contributed by atoms with E-state index in [0.29, 0.717) is 22.4 Å². The molecule has 0 amide bonds. The van der Waals surface area contributed by atoms with Gasteiger partial charge in [0, 0.05) is 18.0 Å². The maximum absolute atomic E-state index is 12.2. The summed E-state index contributed by atoms with van der Waals surface area (Å²) in [5.41, 5.74) is 3.28. The van der Waals surface area contributed by atoms with Gasteiger partial charge in [0.2, 0.25) is 0 Å². The smallest absolute Gasteiger partial charge is 0.331 e. The van der Waals surface area contributed by atoms with Crippen LogP contribution in [-0.4, -0.2) is 26.5 Å². The van der Waals surface area contributed by atoms with Gasteiger partial charge in [-0.25, -0.2) is 14.2 Å². The van der Waals surface area contributed by atoms with Gasteiger partial charge >= 0.3 is 5.69 Å². The van der Waals surface area contributed by atoms with E-state index in [1.165, 1.54) is 4.40 Å². The molecule has 4 aromatic rings. The first-order chi connectivity index (χ1) is 10.8. The van der Waals surface area contributed by atoms with Crippen molar-refractivity contribution in [2.24, 2.45) is 0 Å². The van der Waals surface area contributed by atoms with Crippen LogP contribution in [0.25, 0.3) is 27.9 Å². The molecular formula is C16H12N4O2. The molecule has 0 radical (unpaired) electrons. The van der Waals surface area contributed by atoms with Gasteiger partial charge < -0.3 is 9.72 Å². The first-order valence-corrected chi connectivity index (χ1v) is 6.77. The van der Waals surface area contributed by atoms with E-state index in [-0.39, 0.29) is 5.69 Å². The second-order valence-electron chi connectivity index (χ2n) is 4.88. The summed E-state index contributed by atoms with van der Waals surface area (Å²) < 4.78 is 6.63. The maximum Gasteiger partial charge on any atom is 0.331 e. The molecule has 6 nitrogen and oxygen atoms in total. The Kier molecular flexibility index (Phi) is 2.69. The van der Waals surface area contributed by atoms with Gasteiger partial charge in [-0.15, -0.1) is 0 Å². The quantitative estimate of drug-likeness (QED) is 0.615. The van der Waals surface area contributed by atoms with Crippen LogP contribution in [0.4, 0.5) is 0 Å². The third kappa shape index (κ3) is 1.85. The predicted octanol–water partition coefficient (Wildman–Crippen LogP) is 2.25. The van der Waals surface area contributed by atoms with Crippen LogP contribution in [0.2, 0.25) is 0 Å². The van der Waals surface area contributed by atoms with Crippen LogP contribution < -0.4 is 10.4 Å². The summed E-state index contributed by atoms with van der Waals surface area (Å²) in [7, 11) is 1.62. The van der Waals surface area contributed by atoms with Crippen LogP contribution in [0, 0.1) is 0 Å². The van der Waals surface area contributed by atoms with Gasteiger partial charge in [-0.3, -0.25) is 4.98 Å². The molecule has 6 heteroatoms. The average Bonchev–Trinajstić information content (AvgIpc) is 3.01. The molecule has 0 fully saturated rings.